The standard InChI is InChI=1S/C33H31Cl2N3O3/c1-21(2)18-36-32(40)29(17-22-9-4-3-5-10-22)37(19-25-26(34)14-8-15-27(25)35)30(39)20-38-28-16-7-12-23-11-6-13-24(31(23)28)33(38)41/h3-16,21,29H,17-20H2,1-2H3,(H,36,40)/t29-/m0/s1. The summed E-state index contributed by atoms with van der Waals surface area (Å²) >= 11 is 13.1. The van der Waals surface area contributed by atoms with E-state index in [0.717, 1.165) is 16.3 Å². The average molecular weight is 589 g/mol. The van der Waals surface area contributed by atoms with Gasteiger partial charge in [-0.25, -0.2) is 0 Å². The molecule has 0 bridgehead atoms. The highest BCUT2D eigenvalue weighted by Gasteiger charge is 2.36. The van der Waals surface area contributed by atoms with Crippen LogP contribution < -0.4 is 10.2 Å². The molecule has 0 aromatic heterocycles. The van der Waals surface area contributed by atoms with E-state index < -0.39 is 6.04 Å². The fourth-order valence-corrected chi connectivity index (χ4v) is 5.71. The van der Waals surface area contributed by atoms with E-state index in [1.807, 2.05) is 74.5 Å². The minimum Gasteiger partial charge on any atom is -0.354 e. The molecule has 41 heavy (non-hydrogen) atoms. The molecule has 0 saturated carbocycles. The summed E-state index contributed by atoms with van der Waals surface area (Å²) in [7, 11) is 0. The van der Waals surface area contributed by atoms with E-state index >= 15 is 0 Å². The summed E-state index contributed by atoms with van der Waals surface area (Å²) in [5.74, 6) is -0.693. The second-order valence-corrected chi connectivity index (χ2v) is 11.5. The smallest absolute Gasteiger partial charge is 0.259 e. The Bertz CT molecular complexity index is 1580. The number of carbonyl (C=O) groups excluding carboxylic acids is 3. The maximum atomic E-state index is 14.3. The molecule has 4 aromatic carbocycles. The molecule has 1 aliphatic heterocycles. The molecular weight excluding hydrogens is 557 g/mol. The van der Waals surface area contributed by atoms with Gasteiger partial charge in [-0.3, -0.25) is 19.3 Å². The first kappa shape index (κ1) is 28.7. The van der Waals surface area contributed by atoms with Crippen molar-refractivity contribution in [2.24, 2.45) is 5.92 Å². The van der Waals surface area contributed by atoms with Gasteiger partial charge in [-0.1, -0.05) is 97.7 Å². The first-order valence-electron chi connectivity index (χ1n) is 13.6. The molecule has 0 unspecified atom stereocenters. The molecule has 6 nitrogen and oxygen atoms in total. The highest BCUT2D eigenvalue weighted by atomic mass is 35.5. The van der Waals surface area contributed by atoms with E-state index in [9.17, 15) is 14.4 Å². The van der Waals surface area contributed by atoms with Crippen LogP contribution in [0.25, 0.3) is 10.8 Å². The fraction of sp³-hybridized carbons (Fsp3) is 0.242. The third kappa shape index (κ3) is 6.09. The SMILES string of the molecule is CC(C)CNC(=O)[C@H](Cc1ccccc1)N(Cc1c(Cl)cccc1Cl)C(=O)CN1C(=O)c2cccc3cccc1c23. The number of rotatable bonds is 10. The van der Waals surface area contributed by atoms with Crippen LogP contribution in [0.5, 0.6) is 0 Å². The van der Waals surface area contributed by atoms with Crippen molar-refractivity contribution < 1.29 is 14.4 Å². The first-order chi connectivity index (χ1) is 19.7. The predicted molar refractivity (Wildman–Crippen MR) is 164 cm³/mol. The van der Waals surface area contributed by atoms with Crippen LogP contribution >= 0.6 is 23.2 Å². The Balaban J connectivity index is 1.53. The van der Waals surface area contributed by atoms with Gasteiger partial charge < -0.3 is 10.2 Å². The van der Waals surface area contributed by atoms with Gasteiger partial charge in [-0.05, 0) is 41.1 Å². The van der Waals surface area contributed by atoms with E-state index in [1.165, 1.54) is 9.80 Å². The van der Waals surface area contributed by atoms with Gasteiger partial charge >= 0.3 is 0 Å². The molecule has 1 aliphatic rings. The molecule has 1 N–H and O–H groups in total. The van der Waals surface area contributed by atoms with Crippen molar-refractivity contribution in [2.75, 3.05) is 18.0 Å². The van der Waals surface area contributed by atoms with Crippen molar-refractivity contribution in [3.05, 3.63) is 112 Å². The molecule has 0 saturated heterocycles. The summed E-state index contributed by atoms with van der Waals surface area (Å²) in [5, 5.41) is 5.55. The van der Waals surface area contributed by atoms with Gasteiger partial charge in [0, 0.05) is 46.1 Å². The third-order valence-corrected chi connectivity index (χ3v) is 8.00. The van der Waals surface area contributed by atoms with Crippen LogP contribution in [0.15, 0.2) is 84.9 Å². The number of nitrogens with zero attached hydrogens (tertiary/aromatic N) is 2. The number of hydrogen-bond donors (Lipinski definition) is 1. The van der Waals surface area contributed by atoms with Crippen LogP contribution in [0.4, 0.5) is 5.69 Å². The molecule has 0 radical (unpaired) electrons. The maximum absolute atomic E-state index is 14.3. The number of carbonyl (C=O) groups is 3. The Morgan fingerprint density at radius 1 is 0.878 bits per heavy atom. The molecule has 210 valence electrons. The fourth-order valence-electron chi connectivity index (χ4n) is 5.19. The Hall–Kier alpha value is -3.87. The van der Waals surface area contributed by atoms with Crippen LogP contribution in [0.2, 0.25) is 10.0 Å². The average Bonchev–Trinajstić information content (AvgIpc) is 3.23. The Morgan fingerprint density at radius 3 is 2.22 bits per heavy atom. The summed E-state index contributed by atoms with van der Waals surface area (Å²) in [6, 6.07) is 25.1. The summed E-state index contributed by atoms with van der Waals surface area (Å²) in [4.78, 5) is 44.5. The molecule has 0 spiro atoms. The lowest BCUT2D eigenvalue weighted by Gasteiger charge is -2.33. The molecule has 3 amide bonds. The van der Waals surface area contributed by atoms with Crippen molar-refractivity contribution >= 4 is 57.4 Å². The molecule has 8 heteroatoms. The number of anilines is 1. The Kier molecular flexibility index (Phi) is 8.62. The van der Waals surface area contributed by atoms with Gasteiger partial charge in [-0.2, -0.15) is 0 Å². The lowest BCUT2D eigenvalue weighted by molar-refractivity contribution is -0.140. The van der Waals surface area contributed by atoms with E-state index in [2.05, 4.69) is 5.32 Å². The molecule has 0 aliphatic carbocycles. The quantitative estimate of drug-likeness (QED) is 0.229. The van der Waals surface area contributed by atoms with Crippen molar-refractivity contribution in [2.45, 2.75) is 32.9 Å². The molecule has 1 heterocycles. The number of nitrogens with one attached hydrogen (secondary N) is 1. The molecular formula is C33H31Cl2N3O3. The molecule has 5 rings (SSSR count). The van der Waals surface area contributed by atoms with Crippen LogP contribution in [0.3, 0.4) is 0 Å². The monoisotopic (exact) mass is 587 g/mol. The van der Waals surface area contributed by atoms with E-state index in [4.69, 9.17) is 23.2 Å². The van der Waals surface area contributed by atoms with Gasteiger partial charge in [0.25, 0.3) is 5.91 Å². The lowest BCUT2D eigenvalue weighted by atomic mass is 10.0. The zero-order valence-electron chi connectivity index (χ0n) is 22.9. The van der Waals surface area contributed by atoms with Crippen molar-refractivity contribution in [3.8, 4) is 0 Å². The molecule has 0 fully saturated rings. The highest BCUT2D eigenvalue weighted by Crippen LogP contribution is 2.37. The van der Waals surface area contributed by atoms with Crippen LogP contribution in [-0.2, 0) is 22.6 Å². The van der Waals surface area contributed by atoms with E-state index in [0.29, 0.717) is 33.4 Å². The number of halogens is 2. The van der Waals surface area contributed by atoms with Crippen LogP contribution in [0.1, 0.15) is 35.3 Å². The van der Waals surface area contributed by atoms with Crippen molar-refractivity contribution in [3.63, 3.8) is 0 Å². The van der Waals surface area contributed by atoms with Gasteiger partial charge in [0.05, 0.1) is 5.69 Å². The minimum atomic E-state index is -0.869. The predicted octanol–water partition coefficient (Wildman–Crippen LogP) is 6.52. The largest absolute Gasteiger partial charge is 0.354 e. The maximum Gasteiger partial charge on any atom is 0.259 e. The van der Waals surface area contributed by atoms with Gasteiger partial charge in [-0.15, -0.1) is 0 Å². The second-order valence-electron chi connectivity index (χ2n) is 10.6. The van der Waals surface area contributed by atoms with Gasteiger partial charge in [0.1, 0.15) is 12.6 Å². The molecule has 1 atom stereocenters. The van der Waals surface area contributed by atoms with Crippen molar-refractivity contribution in [1.82, 2.24) is 10.2 Å². The summed E-state index contributed by atoms with van der Waals surface area (Å²) in [6.07, 6.45) is 0.280. The zero-order chi connectivity index (χ0) is 29.1. The third-order valence-electron chi connectivity index (χ3n) is 7.29. The minimum absolute atomic E-state index is 0.00309. The second kappa shape index (κ2) is 12.3. The van der Waals surface area contributed by atoms with Crippen molar-refractivity contribution in [1.29, 1.82) is 0 Å². The zero-order valence-corrected chi connectivity index (χ0v) is 24.5. The Labute approximate surface area is 249 Å². The topological polar surface area (TPSA) is 69.7 Å². The normalized spacial score (nSPS) is 13.1. The summed E-state index contributed by atoms with van der Waals surface area (Å²) in [6.45, 7) is 4.24. The lowest BCUT2D eigenvalue weighted by Crippen LogP contribution is -2.53. The molecule has 4 aromatic rings. The number of amides is 3. The number of hydrogen-bond acceptors (Lipinski definition) is 3. The highest BCUT2D eigenvalue weighted by molar-refractivity contribution is 6.36. The van der Waals surface area contributed by atoms with E-state index in [1.54, 1.807) is 24.3 Å². The number of benzene rings is 4. The summed E-state index contributed by atoms with van der Waals surface area (Å²) in [5.41, 5.74) is 2.67. The van der Waals surface area contributed by atoms with Gasteiger partial charge in [0.15, 0.2) is 0 Å². The summed E-state index contributed by atoms with van der Waals surface area (Å²) < 4.78 is 0. The van der Waals surface area contributed by atoms with E-state index in [-0.39, 0.29) is 43.1 Å². The Morgan fingerprint density at radius 2 is 1.54 bits per heavy atom. The van der Waals surface area contributed by atoms with Gasteiger partial charge in [0.2, 0.25) is 11.8 Å². The van der Waals surface area contributed by atoms with Crippen LogP contribution in [0, 0.1) is 5.92 Å². The first-order valence-corrected chi connectivity index (χ1v) is 14.4. The van der Waals surface area contributed by atoms with Crippen LogP contribution in [-0.4, -0.2) is 41.8 Å².